The molecule has 0 fully saturated rings. The van der Waals surface area contributed by atoms with Gasteiger partial charge in [0.1, 0.15) is 6.54 Å². The van der Waals surface area contributed by atoms with E-state index in [1.165, 1.54) is 19.9 Å². The van der Waals surface area contributed by atoms with Crippen LogP contribution in [0.1, 0.15) is 51.9 Å². The highest BCUT2D eigenvalue weighted by Crippen LogP contribution is 2.11. The first-order valence-electron chi connectivity index (χ1n) is 6.59. The number of unbranched alkanes of at least 4 members (excludes halogenated alkanes) is 5. The van der Waals surface area contributed by atoms with Crippen LogP contribution in [-0.2, 0) is 9.59 Å². The molecule has 0 aliphatic carbocycles. The summed E-state index contributed by atoms with van der Waals surface area (Å²) in [5.41, 5.74) is 0. The summed E-state index contributed by atoms with van der Waals surface area (Å²) < 4.78 is 13.5. The zero-order chi connectivity index (χ0) is 14.0. The van der Waals surface area contributed by atoms with Gasteiger partial charge in [-0.3, -0.25) is 9.59 Å². The van der Waals surface area contributed by atoms with Crippen LogP contribution in [0.3, 0.4) is 0 Å². The maximum atomic E-state index is 13.5. The second-order valence-electron chi connectivity index (χ2n) is 4.61. The number of hydrogen-bond donors (Lipinski definition) is 1. The minimum atomic E-state index is -1.57. The Labute approximate surface area is 108 Å². The summed E-state index contributed by atoms with van der Waals surface area (Å²) in [6, 6.07) is 0. The van der Waals surface area contributed by atoms with Crippen molar-refractivity contribution in [1.29, 1.82) is 0 Å². The van der Waals surface area contributed by atoms with Crippen molar-refractivity contribution in [2.45, 2.75) is 58.0 Å². The van der Waals surface area contributed by atoms with Gasteiger partial charge in [-0.25, -0.2) is 4.39 Å². The first kappa shape index (κ1) is 16.9. The van der Waals surface area contributed by atoms with Gasteiger partial charge in [-0.05, 0) is 6.42 Å². The summed E-state index contributed by atoms with van der Waals surface area (Å²) in [4.78, 5) is 22.7. The first-order valence-corrected chi connectivity index (χ1v) is 6.59. The summed E-state index contributed by atoms with van der Waals surface area (Å²) in [6.07, 6.45) is 4.81. The van der Waals surface area contributed by atoms with E-state index in [0.29, 0.717) is 6.42 Å². The van der Waals surface area contributed by atoms with Crippen molar-refractivity contribution < 1.29 is 19.1 Å². The van der Waals surface area contributed by atoms with Crippen LogP contribution in [0.15, 0.2) is 0 Å². The molecule has 0 aromatic carbocycles. The van der Waals surface area contributed by atoms with Gasteiger partial charge in [0.15, 0.2) is 6.17 Å². The molecule has 18 heavy (non-hydrogen) atoms. The van der Waals surface area contributed by atoms with Gasteiger partial charge in [0, 0.05) is 7.05 Å². The maximum Gasteiger partial charge on any atom is 0.323 e. The predicted octanol–water partition coefficient (Wildman–Crippen LogP) is 2.62. The van der Waals surface area contributed by atoms with Gasteiger partial charge < -0.3 is 10.0 Å². The Morgan fingerprint density at radius 3 is 2.28 bits per heavy atom. The van der Waals surface area contributed by atoms with Crippen molar-refractivity contribution in [2.75, 3.05) is 13.6 Å². The van der Waals surface area contributed by atoms with Crippen LogP contribution in [-0.4, -0.2) is 41.6 Å². The van der Waals surface area contributed by atoms with Gasteiger partial charge in [0.25, 0.3) is 5.91 Å². The van der Waals surface area contributed by atoms with Gasteiger partial charge in [-0.1, -0.05) is 45.4 Å². The van der Waals surface area contributed by atoms with Crippen molar-refractivity contribution in [1.82, 2.24) is 4.90 Å². The number of rotatable bonds is 10. The zero-order valence-corrected chi connectivity index (χ0v) is 11.3. The molecule has 0 bridgehead atoms. The Hall–Kier alpha value is -1.13. The molecule has 0 radical (unpaired) electrons. The van der Waals surface area contributed by atoms with E-state index in [1.54, 1.807) is 0 Å². The number of hydrogen-bond acceptors (Lipinski definition) is 2. The van der Waals surface area contributed by atoms with Gasteiger partial charge in [0.05, 0.1) is 0 Å². The smallest absolute Gasteiger partial charge is 0.323 e. The molecule has 0 aromatic heterocycles. The fourth-order valence-corrected chi connectivity index (χ4v) is 1.75. The number of aliphatic carboxylic acids is 1. The quantitative estimate of drug-likeness (QED) is 0.615. The summed E-state index contributed by atoms with van der Waals surface area (Å²) in [6.45, 7) is 1.68. The lowest BCUT2D eigenvalue weighted by Crippen LogP contribution is -2.37. The van der Waals surface area contributed by atoms with Gasteiger partial charge >= 0.3 is 5.97 Å². The minimum Gasteiger partial charge on any atom is -0.480 e. The number of halogens is 1. The van der Waals surface area contributed by atoms with Crippen LogP contribution >= 0.6 is 0 Å². The molecule has 1 unspecified atom stereocenters. The zero-order valence-electron chi connectivity index (χ0n) is 11.3. The summed E-state index contributed by atoms with van der Waals surface area (Å²) in [7, 11) is 1.31. The molecule has 106 valence electrons. The lowest BCUT2D eigenvalue weighted by molar-refractivity contribution is -0.145. The van der Waals surface area contributed by atoms with Crippen LogP contribution in [0.4, 0.5) is 4.39 Å². The van der Waals surface area contributed by atoms with Crippen LogP contribution < -0.4 is 0 Å². The standard InChI is InChI=1S/C13H24FNO3/c1-3-4-5-6-7-8-9-11(14)13(18)15(2)10-12(16)17/h11H,3-10H2,1-2H3,(H,16,17). The van der Waals surface area contributed by atoms with E-state index < -0.39 is 24.6 Å². The van der Waals surface area contributed by atoms with E-state index in [-0.39, 0.29) is 6.42 Å². The number of alkyl halides is 1. The van der Waals surface area contributed by atoms with Crippen LogP contribution in [0.2, 0.25) is 0 Å². The molecular formula is C13H24FNO3. The first-order chi connectivity index (χ1) is 8.49. The van der Waals surface area contributed by atoms with Gasteiger partial charge in [-0.15, -0.1) is 0 Å². The molecule has 0 saturated carbocycles. The average Bonchev–Trinajstić information content (AvgIpc) is 2.31. The number of amides is 1. The number of likely N-dealkylation sites (N-methyl/N-ethyl adjacent to an activating group) is 1. The summed E-state index contributed by atoms with van der Waals surface area (Å²) in [5, 5.41) is 8.49. The lowest BCUT2D eigenvalue weighted by Gasteiger charge is -2.17. The molecule has 0 rings (SSSR count). The number of carboxylic acids is 1. The van der Waals surface area contributed by atoms with Crippen molar-refractivity contribution in [3.05, 3.63) is 0 Å². The average molecular weight is 261 g/mol. The van der Waals surface area contributed by atoms with Crippen molar-refractivity contribution in [2.24, 2.45) is 0 Å². The summed E-state index contributed by atoms with van der Waals surface area (Å²) >= 11 is 0. The molecule has 0 aromatic rings. The normalized spacial score (nSPS) is 12.2. The third-order valence-electron chi connectivity index (χ3n) is 2.83. The molecule has 1 atom stereocenters. The fraction of sp³-hybridized carbons (Fsp3) is 0.846. The Morgan fingerprint density at radius 2 is 1.72 bits per heavy atom. The molecule has 0 aliphatic rings. The second kappa shape index (κ2) is 9.85. The van der Waals surface area contributed by atoms with Crippen molar-refractivity contribution in [3.8, 4) is 0 Å². The van der Waals surface area contributed by atoms with Gasteiger partial charge in [-0.2, -0.15) is 0 Å². The molecule has 0 heterocycles. The number of carbonyl (C=O) groups excluding carboxylic acids is 1. The Kier molecular flexibility index (Phi) is 9.24. The predicted molar refractivity (Wildman–Crippen MR) is 68.2 cm³/mol. The summed E-state index contributed by atoms with van der Waals surface area (Å²) in [5.74, 6) is -1.86. The highest BCUT2D eigenvalue weighted by molar-refractivity contribution is 5.84. The number of nitrogens with zero attached hydrogens (tertiary/aromatic N) is 1. The molecule has 0 aliphatic heterocycles. The largest absolute Gasteiger partial charge is 0.480 e. The second-order valence-corrected chi connectivity index (χ2v) is 4.61. The Morgan fingerprint density at radius 1 is 1.17 bits per heavy atom. The molecular weight excluding hydrogens is 237 g/mol. The highest BCUT2D eigenvalue weighted by Gasteiger charge is 2.22. The van der Waals surface area contributed by atoms with E-state index in [9.17, 15) is 14.0 Å². The van der Waals surface area contributed by atoms with Crippen LogP contribution in [0.25, 0.3) is 0 Å². The lowest BCUT2D eigenvalue weighted by atomic mass is 10.1. The molecule has 0 saturated heterocycles. The van der Waals surface area contributed by atoms with E-state index in [1.807, 2.05) is 0 Å². The minimum absolute atomic E-state index is 0.189. The fourth-order valence-electron chi connectivity index (χ4n) is 1.75. The Bertz CT molecular complexity index is 259. The molecule has 1 N–H and O–H groups in total. The molecule has 4 nitrogen and oxygen atoms in total. The van der Waals surface area contributed by atoms with Crippen molar-refractivity contribution in [3.63, 3.8) is 0 Å². The highest BCUT2D eigenvalue weighted by atomic mass is 19.1. The third kappa shape index (κ3) is 8.03. The third-order valence-corrected chi connectivity index (χ3v) is 2.83. The molecule has 5 heteroatoms. The maximum absolute atomic E-state index is 13.5. The van der Waals surface area contributed by atoms with E-state index >= 15 is 0 Å². The molecule has 0 spiro atoms. The van der Waals surface area contributed by atoms with E-state index in [0.717, 1.165) is 24.2 Å². The topological polar surface area (TPSA) is 57.6 Å². The van der Waals surface area contributed by atoms with Crippen LogP contribution in [0, 0.1) is 0 Å². The monoisotopic (exact) mass is 261 g/mol. The van der Waals surface area contributed by atoms with Crippen molar-refractivity contribution >= 4 is 11.9 Å². The number of carbonyl (C=O) groups is 2. The van der Waals surface area contributed by atoms with Crippen LogP contribution in [0.5, 0.6) is 0 Å². The Balaban J connectivity index is 3.70. The van der Waals surface area contributed by atoms with E-state index in [2.05, 4.69) is 6.92 Å². The molecule has 1 amide bonds. The van der Waals surface area contributed by atoms with Gasteiger partial charge in [0.2, 0.25) is 0 Å². The SMILES string of the molecule is CCCCCCCCC(F)C(=O)N(C)CC(=O)O. The van der Waals surface area contributed by atoms with E-state index in [4.69, 9.17) is 5.11 Å². The number of carboxylic acid groups (broad SMARTS) is 1.